The van der Waals surface area contributed by atoms with E-state index in [-0.39, 0.29) is 12.1 Å². The molecule has 0 fully saturated rings. The summed E-state index contributed by atoms with van der Waals surface area (Å²) in [4.78, 5) is 20.1. The molecule has 0 saturated carbocycles. The Labute approximate surface area is 203 Å². The highest BCUT2D eigenvalue weighted by atomic mass is 19.4. The molecule has 0 aliphatic carbocycles. The first-order valence-electron chi connectivity index (χ1n) is 10.7. The standard InChI is InChI=1S/C26H21F4N3O3/c1-35-18-7-9-23(36-2)19(12-18)22-14-31-24(33-22)16-5-3-4-15(10-16)13-32-25(34)17-6-8-21(27)20(11-17)26(28,29)30/h3-12,14H,13H2,1-2H3,(H,31,33)(H,32,34). The van der Waals surface area contributed by atoms with Crippen molar-refractivity contribution in [1.82, 2.24) is 15.3 Å². The van der Waals surface area contributed by atoms with Crippen molar-refractivity contribution in [3.05, 3.63) is 89.4 Å². The summed E-state index contributed by atoms with van der Waals surface area (Å²) in [6.45, 7) is 0.0443. The molecule has 0 radical (unpaired) electrons. The highest BCUT2D eigenvalue weighted by Crippen LogP contribution is 2.34. The fraction of sp³-hybridized carbons (Fsp3) is 0.154. The molecule has 3 aromatic carbocycles. The number of amides is 1. The highest BCUT2D eigenvalue weighted by Gasteiger charge is 2.34. The van der Waals surface area contributed by atoms with Crippen LogP contribution in [0, 0.1) is 5.82 Å². The maximum absolute atomic E-state index is 13.5. The van der Waals surface area contributed by atoms with Gasteiger partial charge in [-0.15, -0.1) is 0 Å². The number of alkyl halides is 3. The van der Waals surface area contributed by atoms with Gasteiger partial charge in [-0.1, -0.05) is 18.2 Å². The van der Waals surface area contributed by atoms with E-state index in [0.717, 1.165) is 17.2 Å². The third-order valence-electron chi connectivity index (χ3n) is 5.46. The van der Waals surface area contributed by atoms with Crippen molar-refractivity contribution in [3.63, 3.8) is 0 Å². The third kappa shape index (κ3) is 5.32. The van der Waals surface area contributed by atoms with E-state index in [0.29, 0.717) is 40.7 Å². The summed E-state index contributed by atoms with van der Waals surface area (Å²) in [7, 11) is 3.13. The largest absolute Gasteiger partial charge is 0.497 e. The van der Waals surface area contributed by atoms with Crippen molar-refractivity contribution in [2.24, 2.45) is 0 Å². The van der Waals surface area contributed by atoms with Crippen LogP contribution in [0.5, 0.6) is 11.5 Å². The topological polar surface area (TPSA) is 76.2 Å². The van der Waals surface area contributed by atoms with Crippen molar-refractivity contribution >= 4 is 5.91 Å². The van der Waals surface area contributed by atoms with Crippen LogP contribution in [-0.2, 0) is 12.7 Å². The maximum Gasteiger partial charge on any atom is 0.419 e. The number of imidazole rings is 1. The fourth-order valence-corrected chi connectivity index (χ4v) is 3.63. The molecule has 1 aromatic heterocycles. The first kappa shape index (κ1) is 24.8. The van der Waals surface area contributed by atoms with Crippen LogP contribution in [0.25, 0.3) is 22.6 Å². The molecular formula is C26H21F4N3O3. The van der Waals surface area contributed by atoms with Crippen LogP contribution in [0.3, 0.4) is 0 Å². The zero-order chi connectivity index (χ0) is 25.9. The van der Waals surface area contributed by atoms with Gasteiger partial charge in [0.1, 0.15) is 23.1 Å². The summed E-state index contributed by atoms with van der Waals surface area (Å²) in [5, 5.41) is 2.56. The minimum Gasteiger partial charge on any atom is -0.497 e. The summed E-state index contributed by atoms with van der Waals surface area (Å²) in [5.41, 5.74) is 1.11. The van der Waals surface area contributed by atoms with Crippen LogP contribution in [0.1, 0.15) is 21.5 Å². The number of hydrogen-bond acceptors (Lipinski definition) is 4. The lowest BCUT2D eigenvalue weighted by Crippen LogP contribution is -2.23. The SMILES string of the molecule is COc1ccc(OC)c(-c2cnc(-c3cccc(CNC(=O)c4ccc(F)c(C(F)(F)F)c4)c3)[nH]2)c1. The van der Waals surface area contributed by atoms with Crippen LogP contribution in [0.4, 0.5) is 17.6 Å². The van der Waals surface area contributed by atoms with Gasteiger partial charge in [0, 0.05) is 23.2 Å². The number of ether oxygens (including phenoxy) is 2. The maximum atomic E-state index is 13.5. The van der Waals surface area contributed by atoms with Crippen molar-refractivity contribution in [3.8, 4) is 34.1 Å². The van der Waals surface area contributed by atoms with Gasteiger partial charge in [-0.3, -0.25) is 4.79 Å². The van der Waals surface area contributed by atoms with Crippen LogP contribution < -0.4 is 14.8 Å². The fourth-order valence-electron chi connectivity index (χ4n) is 3.63. The molecule has 0 unspecified atom stereocenters. The van der Waals surface area contributed by atoms with Crippen molar-refractivity contribution in [1.29, 1.82) is 0 Å². The second-order valence-corrected chi connectivity index (χ2v) is 7.79. The first-order valence-corrected chi connectivity index (χ1v) is 10.7. The predicted molar refractivity (Wildman–Crippen MR) is 125 cm³/mol. The molecular weight excluding hydrogens is 478 g/mol. The molecule has 2 N–H and O–H groups in total. The number of nitrogens with zero attached hydrogens (tertiary/aromatic N) is 1. The second kappa shape index (κ2) is 10.1. The van der Waals surface area contributed by atoms with Crippen molar-refractivity contribution in [2.45, 2.75) is 12.7 Å². The van der Waals surface area contributed by atoms with Crippen LogP contribution >= 0.6 is 0 Å². The van der Waals surface area contributed by atoms with Crippen LogP contribution in [0.15, 0.2) is 66.9 Å². The van der Waals surface area contributed by atoms with E-state index in [1.165, 1.54) is 0 Å². The molecule has 4 rings (SSSR count). The summed E-state index contributed by atoms with van der Waals surface area (Å²) >= 11 is 0. The van der Waals surface area contributed by atoms with Gasteiger partial charge < -0.3 is 19.8 Å². The minimum atomic E-state index is -4.90. The van der Waals surface area contributed by atoms with Gasteiger partial charge >= 0.3 is 6.18 Å². The van der Waals surface area contributed by atoms with E-state index in [2.05, 4.69) is 15.3 Å². The van der Waals surface area contributed by atoms with E-state index in [1.807, 2.05) is 12.1 Å². The van der Waals surface area contributed by atoms with Gasteiger partial charge in [0.2, 0.25) is 0 Å². The average molecular weight is 499 g/mol. The zero-order valence-corrected chi connectivity index (χ0v) is 19.2. The smallest absolute Gasteiger partial charge is 0.419 e. The van der Waals surface area contributed by atoms with Crippen LogP contribution in [-0.4, -0.2) is 30.1 Å². The molecule has 36 heavy (non-hydrogen) atoms. The molecule has 6 nitrogen and oxygen atoms in total. The van der Waals surface area contributed by atoms with Gasteiger partial charge in [0.05, 0.1) is 31.7 Å². The molecule has 0 saturated heterocycles. The molecule has 0 bridgehead atoms. The molecule has 10 heteroatoms. The van der Waals surface area contributed by atoms with Gasteiger partial charge in [-0.05, 0) is 48.0 Å². The normalized spacial score (nSPS) is 11.3. The summed E-state index contributed by atoms with van der Waals surface area (Å²) in [6.07, 6.45) is -3.24. The van der Waals surface area contributed by atoms with Gasteiger partial charge in [0.25, 0.3) is 5.91 Å². The number of carbonyl (C=O) groups excluding carboxylic acids is 1. The number of carbonyl (C=O) groups is 1. The third-order valence-corrected chi connectivity index (χ3v) is 5.46. The number of H-pyrrole nitrogens is 1. The van der Waals surface area contributed by atoms with Crippen molar-refractivity contribution < 1.29 is 31.8 Å². The Bertz CT molecular complexity index is 1400. The molecule has 0 aliphatic rings. The molecule has 1 amide bonds. The molecule has 1 heterocycles. The lowest BCUT2D eigenvalue weighted by atomic mass is 10.1. The molecule has 0 atom stereocenters. The molecule has 186 valence electrons. The summed E-state index contributed by atoms with van der Waals surface area (Å²) < 4.78 is 63.1. The quantitative estimate of drug-likeness (QED) is 0.313. The number of nitrogens with one attached hydrogen (secondary N) is 2. The Morgan fingerprint density at radius 2 is 1.83 bits per heavy atom. The highest BCUT2D eigenvalue weighted by molar-refractivity contribution is 5.94. The second-order valence-electron chi connectivity index (χ2n) is 7.79. The van der Waals surface area contributed by atoms with Crippen molar-refractivity contribution in [2.75, 3.05) is 14.2 Å². The Morgan fingerprint density at radius 1 is 1.03 bits per heavy atom. The van der Waals surface area contributed by atoms with Gasteiger partial charge in [0.15, 0.2) is 0 Å². The lowest BCUT2D eigenvalue weighted by molar-refractivity contribution is -0.140. The van der Waals surface area contributed by atoms with E-state index < -0.39 is 23.5 Å². The van der Waals surface area contributed by atoms with Gasteiger partial charge in [-0.25, -0.2) is 9.37 Å². The van der Waals surface area contributed by atoms with Crippen LogP contribution in [0.2, 0.25) is 0 Å². The molecule has 0 aliphatic heterocycles. The number of halogens is 4. The number of aromatic amines is 1. The number of aromatic nitrogens is 2. The molecule has 0 spiro atoms. The monoisotopic (exact) mass is 499 g/mol. The Morgan fingerprint density at radius 3 is 2.56 bits per heavy atom. The summed E-state index contributed by atoms with van der Waals surface area (Å²) in [6, 6.07) is 14.7. The minimum absolute atomic E-state index is 0.0443. The average Bonchev–Trinajstić information content (AvgIpc) is 3.37. The van der Waals surface area contributed by atoms with E-state index >= 15 is 0 Å². The Kier molecular flexibility index (Phi) is 6.96. The molecule has 4 aromatic rings. The lowest BCUT2D eigenvalue weighted by Gasteiger charge is -2.11. The zero-order valence-electron chi connectivity index (χ0n) is 19.2. The predicted octanol–water partition coefficient (Wildman–Crippen LogP) is 5.85. The van der Waals surface area contributed by atoms with Gasteiger partial charge in [-0.2, -0.15) is 13.2 Å². The number of hydrogen-bond donors (Lipinski definition) is 2. The van der Waals surface area contributed by atoms with E-state index in [1.54, 1.807) is 50.7 Å². The van der Waals surface area contributed by atoms with E-state index in [4.69, 9.17) is 9.47 Å². The van der Waals surface area contributed by atoms with E-state index in [9.17, 15) is 22.4 Å². The Hall–Kier alpha value is -4.34. The number of benzene rings is 3. The number of methoxy groups -OCH3 is 2. The summed E-state index contributed by atoms with van der Waals surface area (Å²) in [5.74, 6) is -0.330. The first-order chi connectivity index (χ1) is 17.2. The Balaban J connectivity index is 1.51. The number of rotatable bonds is 7.